The first kappa shape index (κ1) is 18.4. The topological polar surface area (TPSA) is 114 Å². The molecule has 0 bridgehead atoms. The van der Waals surface area contributed by atoms with Crippen molar-refractivity contribution in [2.45, 2.75) is 6.92 Å². The van der Waals surface area contributed by atoms with Gasteiger partial charge < -0.3 is 10.1 Å². The van der Waals surface area contributed by atoms with Crippen molar-refractivity contribution in [3.05, 3.63) is 66.2 Å². The fraction of sp³-hybridized carbons (Fsp3) is 0.100. The lowest BCUT2D eigenvalue weighted by Gasteiger charge is -2.08. The Morgan fingerprint density at radius 3 is 2.72 bits per heavy atom. The number of aromatic nitrogens is 4. The molecule has 0 saturated heterocycles. The van der Waals surface area contributed by atoms with Gasteiger partial charge in [-0.05, 0) is 37.3 Å². The minimum atomic E-state index is -0.621. The van der Waals surface area contributed by atoms with Gasteiger partial charge in [-0.1, -0.05) is 0 Å². The number of hydroxylamine groups is 1. The molecular formula is C20H18N6O3. The summed E-state index contributed by atoms with van der Waals surface area (Å²) < 4.78 is 7.27. The highest BCUT2D eigenvalue weighted by atomic mass is 16.5. The standard InChI is InChI=1S/C20H18N6O3/c1-12-19(26-8-6-15(29-2)10-18(26)23-12)13-5-7-21-17(9-13)24-16-4-3-14(11-22-16)20(27)25-28/h3-11,28H,1-2H3,(H,25,27)(H,21,22,24). The van der Waals surface area contributed by atoms with Crippen LogP contribution in [0.25, 0.3) is 16.9 Å². The number of hydrogen-bond donors (Lipinski definition) is 3. The maximum absolute atomic E-state index is 11.4. The smallest absolute Gasteiger partial charge is 0.276 e. The zero-order valence-corrected chi connectivity index (χ0v) is 15.7. The quantitative estimate of drug-likeness (QED) is 0.355. The van der Waals surface area contributed by atoms with E-state index >= 15 is 0 Å². The van der Waals surface area contributed by atoms with Gasteiger partial charge in [0, 0.05) is 30.2 Å². The number of pyridine rings is 3. The van der Waals surface area contributed by atoms with Gasteiger partial charge >= 0.3 is 0 Å². The van der Waals surface area contributed by atoms with Crippen LogP contribution in [0.5, 0.6) is 5.75 Å². The number of methoxy groups -OCH3 is 1. The molecule has 4 rings (SSSR count). The molecule has 3 N–H and O–H groups in total. The van der Waals surface area contributed by atoms with E-state index in [0.717, 1.165) is 28.3 Å². The van der Waals surface area contributed by atoms with Gasteiger partial charge in [0.15, 0.2) is 0 Å². The summed E-state index contributed by atoms with van der Waals surface area (Å²) in [5.74, 6) is 1.24. The summed E-state index contributed by atoms with van der Waals surface area (Å²) in [6, 6.07) is 10.7. The minimum Gasteiger partial charge on any atom is -0.497 e. The van der Waals surface area contributed by atoms with E-state index in [9.17, 15) is 4.79 Å². The molecule has 4 aromatic heterocycles. The zero-order valence-electron chi connectivity index (χ0n) is 15.7. The maximum atomic E-state index is 11.4. The van der Waals surface area contributed by atoms with Crippen molar-refractivity contribution in [1.29, 1.82) is 0 Å². The molecule has 0 fully saturated rings. The minimum absolute atomic E-state index is 0.247. The van der Waals surface area contributed by atoms with E-state index in [1.165, 1.54) is 6.20 Å². The Morgan fingerprint density at radius 1 is 1.14 bits per heavy atom. The van der Waals surface area contributed by atoms with Crippen molar-refractivity contribution in [1.82, 2.24) is 24.8 Å². The Kier molecular flexibility index (Phi) is 4.80. The van der Waals surface area contributed by atoms with Crippen LogP contribution >= 0.6 is 0 Å². The molecule has 146 valence electrons. The Labute approximate surface area is 166 Å². The molecule has 0 radical (unpaired) electrons. The van der Waals surface area contributed by atoms with E-state index in [2.05, 4.69) is 20.3 Å². The highest BCUT2D eigenvalue weighted by Gasteiger charge is 2.13. The van der Waals surface area contributed by atoms with Gasteiger partial charge in [0.05, 0.1) is 24.1 Å². The average molecular weight is 390 g/mol. The van der Waals surface area contributed by atoms with Crippen LogP contribution in [-0.2, 0) is 0 Å². The van der Waals surface area contributed by atoms with E-state index in [1.807, 2.05) is 41.8 Å². The largest absolute Gasteiger partial charge is 0.497 e. The third-order valence-corrected chi connectivity index (χ3v) is 4.42. The van der Waals surface area contributed by atoms with Crippen molar-refractivity contribution in [2.24, 2.45) is 0 Å². The van der Waals surface area contributed by atoms with Crippen molar-refractivity contribution in [3.63, 3.8) is 0 Å². The molecule has 0 unspecified atom stereocenters. The molecule has 9 nitrogen and oxygen atoms in total. The van der Waals surface area contributed by atoms with Crippen molar-refractivity contribution in [2.75, 3.05) is 12.4 Å². The number of aryl methyl sites for hydroxylation is 1. The van der Waals surface area contributed by atoms with Crippen LogP contribution in [0, 0.1) is 6.92 Å². The lowest BCUT2D eigenvalue weighted by Crippen LogP contribution is -2.18. The lowest BCUT2D eigenvalue weighted by atomic mass is 10.1. The number of carbonyl (C=O) groups is 1. The van der Waals surface area contributed by atoms with Gasteiger partial charge in [-0.15, -0.1) is 0 Å². The Hall–Kier alpha value is -3.98. The molecule has 9 heteroatoms. The van der Waals surface area contributed by atoms with Crippen LogP contribution in [-0.4, -0.2) is 37.6 Å². The highest BCUT2D eigenvalue weighted by molar-refractivity contribution is 5.93. The maximum Gasteiger partial charge on any atom is 0.276 e. The summed E-state index contributed by atoms with van der Waals surface area (Å²) >= 11 is 0. The van der Waals surface area contributed by atoms with Crippen molar-refractivity contribution < 1.29 is 14.7 Å². The summed E-state index contributed by atoms with van der Waals surface area (Å²) in [6.45, 7) is 1.95. The summed E-state index contributed by atoms with van der Waals surface area (Å²) in [4.78, 5) is 24.5. The van der Waals surface area contributed by atoms with Gasteiger partial charge in [-0.2, -0.15) is 0 Å². The molecule has 1 amide bonds. The third-order valence-electron chi connectivity index (χ3n) is 4.42. The van der Waals surface area contributed by atoms with E-state index in [0.29, 0.717) is 11.6 Å². The Morgan fingerprint density at radius 2 is 2.00 bits per heavy atom. The number of imidazole rings is 1. The fourth-order valence-electron chi connectivity index (χ4n) is 3.06. The predicted molar refractivity (Wildman–Crippen MR) is 106 cm³/mol. The van der Waals surface area contributed by atoms with Gasteiger partial charge in [0.2, 0.25) is 0 Å². The predicted octanol–water partition coefficient (Wildman–Crippen LogP) is 2.97. The van der Waals surface area contributed by atoms with E-state index < -0.39 is 5.91 Å². The molecule has 4 heterocycles. The van der Waals surface area contributed by atoms with Gasteiger partial charge in [-0.25, -0.2) is 20.4 Å². The fourth-order valence-corrected chi connectivity index (χ4v) is 3.06. The number of nitrogens with one attached hydrogen (secondary N) is 2. The monoisotopic (exact) mass is 390 g/mol. The third kappa shape index (κ3) is 3.58. The number of ether oxygens (including phenoxy) is 1. The van der Waals surface area contributed by atoms with E-state index in [1.54, 1.807) is 30.9 Å². The van der Waals surface area contributed by atoms with Crippen LogP contribution in [0.2, 0.25) is 0 Å². The molecule has 4 aromatic rings. The molecule has 0 saturated carbocycles. The van der Waals surface area contributed by atoms with E-state index in [-0.39, 0.29) is 5.56 Å². The average Bonchev–Trinajstić information content (AvgIpc) is 3.08. The van der Waals surface area contributed by atoms with Crippen LogP contribution in [0.4, 0.5) is 11.6 Å². The summed E-state index contributed by atoms with van der Waals surface area (Å²) in [6.07, 6.45) is 4.98. The Bertz CT molecular complexity index is 1190. The van der Waals surface area contributed by atoms with E-state index in [4.69, 9.17) is 9.94 Å². The number of nitrogens with zero attached hydrogens (tertiary/aromatic N) is 4. The van der Waals surface area contributed by atoms with Crippen molar-refractivity contribution >= 4 is 23.2 Å². The highest BCUT2D eigenvalue weighted by Crippen LogP contribution is 2.28. The van der Waals surface area contributed by atoms with Gasteiger partial charge in [-0.3, -0.25) is 14.4 Å². The van der Waals surface area contributed by atoms with Crippen molar-refractivity contribution in [3.8, 4) is 17.0 Å². The second-order valence-corrected chi connectivity index (χ2v) is 6.27. The number of fused-ring (bicyclic) bond motifs is 1. The first-order chi connectivity index (χ1) is 14.1. The molecule has 0 atom stereocenters. The summed E-state index contributed by atoms with van der Waals surface area (Å²) in [5.41, 5.74) is 5.39. The Balaban J connectivity index is 1.65. The zero-order chi connectivity index (χ0) is 20.4. The molecule has 0 aliphatic heterocycles. The normalized spacial score (nSPS) is 10.7. The van der Waals surface area contributed by atoms with Gasteiger partial charge in [0.1, 0.15) is 23.0 Å². The van der Waals surface area contributed by atoms with Gasteiger partial charge in [0.25, 0.3) is 5.91 Å². The molecular weight excluding hydrogens is 372 g/mol. The number of carbonyl (C=O) groups excluding carboxylic acids is 1. The first-order valence-electron chi connectivity index (χ1n) is 8.75. The summed E-state index contributed by atoms with van der Waals surface area (Å²) in [5, 5.41) is 11.8. The number of rotatable bonds is 5. The summed E-state index contributed by atoms with van der Waals surface area (Å²) in [7, 11) is 1.63. The molecule has 0 aromatic carbocycles. The molecule has 29 heavy (non-hydrogen) atoms. The second-order valence-electron chi connectivity index (χ2n) is 6.27. The van der Waals surface area contributed by atoms with Crippen LogP contribution in [0.1, 0.15) is 16.1 Å². The molecule has 0 aliphatic rings. The first-order valence-corrected chi connectivity index (χ1v) is 8.75. The van der Waals surface area contributed by atoms with Crippen LogP contribution in [0.15, 0.2) is 55.0 Å². The molecule has 0 spiro atoms. The van der Waals surface area contributed by atoms with Crippen LogP contribution < -0.4 is 15.5 Å². The van der Waals surface area contributed by atoms with Crippen LogP contribution in [0.3, 0.4) is 0 Å². The second kappa shape index (κ2) is 7.56. The SMILES string of the molecule is COc1ccn2c(-c3ccnc(Nc4ccc(C(=O)NO)cn4)c3)c(C)nc2c1. The number of hydrogen-bond acceptors (Lipinski definition) is 7. The number of amides is 1. The lowest BCUT2D eigenvalue weighted by molar-refractivity contribution is 0.0706. The number of anilines is 2. The molecule has 0 aliphatic carbocycles.